The Hall–Kier alpha value is -3.27. The molecule has 0 fully saturated rings. The molecule has 2 aromatic carbocycles. The number of alkyl halides is 3. The molecule has 1 amide bonds. The Bertz CT molecular complexity index is 1060. The lowest BCUT2D eigenvalue weighted by molar-refractivity contribution is -0.138. The minimum atomic E-state index is -4.61. The van der Waals surface area contributed by atoms with Crippen LogP contribution >= 0.6 is 11.6 Å². The van der Waals surface area contributed by atoms with Crippen LogP contribution in [0.5, 0.6) is 11.5 Å². The number of rotatable bonds is 16. The minimum Gasteiger partial charge on any atom is -0.494 e. The molecule has 0 saturated carbocycles. The van der Waals surface area contributed by atoms with Crippen molar-refractivity contribution in [1.29, 1.82) is 0 Å². The second-order valence-corrected chi connectivity index (χ2v) is 9.09. The lowest BCUT2D eigenvalue weighted by atomic mass is 10.1. The number of aliphatic carboxylic acids is 1. The summed E-state index contributed by atoms with van der Waals surface area (Å²) >= 11 is 5.84. The number of esters is 1. The molecule has 11 heteroatoms. The number of carboxylic acids is 1. The van der Waals surface area contributed by atoms with Crippen LogP contribution in [0.25, 0.3) is 0 Å². The lowest BCUT2D eigenvalue weighted by Crippen LogP contribution is -2.20. The first-order valence-electron chi connectivity index (χ1n) is 12.4. The van der Waals surface area contributed by atoms with Crippen LogP contribution in [0.1, 0.15) is 69.8 Å². The minimum absolute atomic E-state index is 0.0970. The van der Waals surface area contributed by atoms with Crippen LogP contribution in [-0.2, 0) is 20.6 Å². The molecule has 0 spiro atoms. The van der Waals surface area contributed by atoms with Gasteiger partial charge in [0.1, 0.15) is 17.9 Å². The van der Waals surface area contributed by atoms with Crippen molar-refractivity contribution in [3.05, 3.63) is 53.1 Å². The van der Waals surface area contributed by atoms with Gasteiger partial charge < -0.3 is 19.9 Å². The van der Waals surface area contributed by atoms with Gasteiger partial charge in [-0.15, -0.1) is 0 Å². The summed E-state index contributed by atoms with van der Waals surface area (Å²) in [4.78, 5) is 34.6. The largest absolute Gasteiger partial charge is 0.494 e. The SMILES string of the molecule is O=C(O)CCCCCCCCCCOc1ccc(OC(=O)CC(=O)Nc2cc(C(F)(F)F)ccc2Cl)cc1. The van der Waals surface area contributed by atoms with E-state index in [-0.39, 0.29) is 22.9 Å². The summed E-state index contributed by atoms with van der Waals surface area (Å²) in [5, 5.41) is 10.7. The number of benzene rings is 2. The lowest BCUT2D eigenvalue weighted by Gasteiger charge is -2.11. The maximum absolute atomic E-state index is 12.9. The van der Waals surface area contributed by atoms with Crippen LogP contribution < -0.4 is 14.8 Å². The molecule has 0 aliphatic rings. The first-order valence-corrected chi connectivity index (χ1v) is 12.7. The fourth-order valence-corrected chi connectivity index (χ4v) is 3.69. The molecule has 0 heterocycles. The van der Waals surface area contributed by atoms with Gasteiger partial charge in [-0.25, -0.2) is 0 Å². The van der Waals surface area contributed by atoms with E-state index in [1.54, 1.807) is 12.1 Å². The normalized spacial score (nSPS) is 11.2. The molecule has 0 bridgehead atoms. The second-order valence-electron chi connectivity index (χ2n) is 8.68. The average Bonchev–Trinajstić information content (AvgIpc) is 2.84. The summed E-state index contributed by atoms with van der Waals surface area (Å²) in [6, 6.07) is 8.77. The number of carboxylic acid groups (broad SMARTS) is 1. The number of hydrogen-bond donors (Lipinski definition) is 2. The number of halogens is 4. The van der Waals surface area contributed by atoms with E-state index in [1.165, 1.54) is 12.1 Å². The van der Waals surface area contributed by atoms with Crippen molar-refractivity contribution in [2.45, 2.75) is 70.4 Å². The van der Waals surface area contributed by atoms with Gasteiger partial charge in [0, 0.05) is 6.42 Å². The maximum Gasteiger partial charge on any atom is 0.416 e. The molecular weight excluding hydrogens is 527 g/mol. The molecule has 0 unspecified atom stereocenters. The number of amides is 1. The van der Waals surface area contributed by atoms with Gasteiger partial charge in [-0.05, 0) is 55.3 Å². The molecular formula is C27H31ClF3NO6. The first-order chi connectivity index (χ1) is 18.0. The van der Waals surface area contributed by atoms with Gasteiger partial charge in [-0.2, -0.15) is 13.2 Å². The van der Waals surface area contributed by atoms with Crippen molar-refractivity contribution in [1.82, 2.24) is 0 Å². The Kier molecular flexibility index (Phi) is 12.9. The van der Waals surface area contributed by atoms with Crippen LogP contribution in [-0.4, -0.2) is 29.6 Å². The Labute approximate surface area is 224 Å². The number of carbonyl (C=O) groups is 3. The highest BCUT2D eigenvalue weighted by Gasteiger charge is 2.31. The van der Waals surface area contributed by atoms with Crippen LogP contribution in [0.3, 0.4) is 0 Å². The smallest absolute Gasteiger partial charge is 0.416 e. The zero-order valence-electron chi connectivity index (χ0n) is 20.8. The van der Waals surface area contributed by atoms with Gasteiger partial charge in [0.25, 0.3) is 0 Å². The number of anilines is 1. The van der Waals surface area contributed by atoms with Crippen molar-refractivity contribution in [3.63, 3.8) is 0 Å². The zero-order valence-corrected chi connectivity index (χ0v) is 21.6. The Morgan fingerprint density at radius 1 is 0.842 bits per heavy atom. The molecule has 7 nitrogen and oxygen atoms in total. The third kappa shape index (κ3) is 12.3. The molecule has 0 aromatic heterocycles. The molecule has 0 aliphatic heterocycles. The van der Waals surface area contributed by atoms with E-state index in [2.05, 4.69) is 5.32 Å². The zero-order chi connectivity index (χ0) is 28.0. The molecule has 38 heavy (non-hydrogen) atoms. The summed E-state index contributed by atoms with van der Waals surface area (Å²) in [6.45, 7) is 0.538. The molecule has 0 radical (unpaired) electrons. The highest BCUT2D eigenvalue weighted by Crippen LogP contribution is 2.33. The standard InChI is InChI=1S/C27H31ClF3NO6/c28-22-15-10-19(27(29,30)31)17-23(22)32-24(33)18-26(36)38-21-13-11-20(12-14-21)37-16-8-6-4-2-1-3-5-7-9-25(34)35/h10-15,17H,1-9,16,18H2,(H,32,33)(H,34,35). The Balaban J connectivity index is 1.63. The van der Waals surface area contributed by atoms with Crippen molar-refractivity contribution in [3.8, 4) is 11.5 Å². The molecule has 0 atom stereocenters. The number of nitrogens with one attached hydrogen (secondary N) is 1. The van der Waals surface area contributed by atoms with Crippen LogP contribution in [0.15, 0.2) is 42.5 Å². The van der Waals surface area contributed by atoms with Crippen LogP contribution in [0.4, 0.5) is 18.9 Å². The predicted molar refractivity (Wildman–Crippen MR) is 136 cm³/mol. The monoisotopic (exact) mass is 557 g/mol. The summed E-state index contributed by atoms with van der Waals surface area (Å²) in [5.41, 5.74) is -1.24. The fraction of sp³-hybridized carbons (Fsp3) is 0.444. The number of hydrogen-bond acceptors (Lipinski definition) is 5. The first kappa shape index (κ1) is 31.0. The van der Waals surface area contributed by atoms with Gasteiger partial charge in [-0.1, -0.05) is 50.1 Å². The predicted octanol–water partition coefficient (Wildman–Crippen LogP) is 7.27. The van der Waals surface area contributed by atoms with E-state index in [9.17, 15) is 27.6 Å². The average molecular weight is 558 g/mol. The topological polar surface area (TPSA) is 102 Å². The van der Waals surface area contributed by atoms with Crippen molar-refractivity contribution >= 4 is 35.1 Å². The third-order valence-corrected chi connectivity index (χ3v) is 5.81. The van der Waals surface area contributed by atoms with E-state index < -0.39 is 36.0 Å². The van der Waals surface area contributed by atoms with Crippen LogP contribution in [0, 0.1) is 0 Å². The van der Waals surface area contributed by atoms with Gasteiger partial charge in [-0.3, -0.25) is 14.4 Å². The highest BCUT2D eigenvalue weighted by atomic mass is 35.5. The van der Waals surface area contributed by atoms with Crippen LogP contribution in [0.2, 0.25) is 5.02 Å². The summed E-state index contributed by atoms with van der Waals surface area (Å²) < 4.78 is 49.4. The van der Waals surface area contributed by atoms with Crippen molar-refractivity contribution in [2.75, 3.05) is 11.9 Å². The molecule has 0 aliphatic carbocycles. The molecule has 2 aromatic rings. The fourth-order valence-electron chi connectivity index (χ4n) is 3.52. The Morgan fingerprint density at radius 3 is 2.03 bits per heavy atom. The molecule has 0 saturated heterocycles. The molecule has 2 rings (SSSR count). The number of ether oxygens (including phenoxy) is 2. The second kappa shape index (κ2) is 15.9. The van der Waals surface area contributed by atoms with E-state index >= 15 is 0 Å². The van der Waals surface area contributed by atoms with Gasteiger partial charge in [0.2, 0.25) is 5.91 Å². The molecule has 208 valence electrons. The summed E-state index contributed by atoms with van der Waals surface area (Å²) in [7, 11) is 0. The van der Waals surface area contributed by atoms with E-state index in [0.717, 1.165) is 63.5 Å². The maximum atomic E-state index is 12.9. The van der Waals surface area contributed by atoms with Crippen molar-refractivity contribution in [2.24, 2.45) is 0 Å². The Morgan fingerprint density at radius 2 is 1.42 bits per heavy atom. The van der Waals surface area contributed by atoms with Gasteiger partial charge >= 0.3 is 18.1 Å². The summed E-state index contributed by atoms with van der Waals surface area (Å²) in [5.74, 6) is -1.71. The van der Waals surface area contributed by atoms with Gasteiger partial charge in [0.05, 0.1) is 22.9 Å². The summed E-state index contributed by atoms with van der Waals surface area (Å²) in [6.07, 6.45) is 2.86. The number of unbranched alkanes of at least 4 members (excludes halogenated alkanes) is 7. The number of carbonyl (C=O) groups excluding carboxylic acids is 2. The molecule has 2 N–H and O–H groups in total. The highest BCUT2D eigenvalue weighted by molar-refractivity contribution is 6.33. The quantitative estimate of drug-likeness (QED) is 0.0974. The third-order valence-electron chi connectivity index (χ3n) is 5.48. The van der Waals surface area contributed by atoms with E-state index in [4.69, 9.17) is 26.2 Å². The van der Waals surface area contributed by atoms with E-state index in [1.807, 2.05) is 0 Å². The van der Waals surface area contributed by atoms with Gasteiger partial charge in [0.15, 0.2) is 0 Å². The van der Waals surface area contributed by atoms with Crippen molar-refractivity contribution < 1.29 is 42.1 Å². The van der Waals surface area contributed by atoms with E-state index in [0.29, 0.717) is 18.4 Å².